The van der Waals surface area contributed by atoms with Crippen LogP contribution in [0.15, 0.2) is 35.1 Å². The fourth-order valence-electron chi connectivity index (χ4n) is 4.17. The molecule has 4 atom stereocenters. The molecule has 0 aromatic rings. The second kappa shape index (κ2) is 6.62. The predicted molar refractivity (Wildman–Crippen MR) is 94.3 cm³/mol. The van der Waals surface area contributed by atoms with E-state index in [-0.39, 0.29) is 0 Å². The summed E-state index contributed by atoms with van der Waals surface area (Å²) in [5.41, 5.74) is 10.9. The highest BCUT2D eigenvalue weighted by Crippen LogP contribution is 2.45. The van der Waals surface area contributed by atoms with Crippen LogP contribution < -0.4 is 11.1 Å². The largest absolute Gasteiger partial charge is 0.382 e. The van der Waals surface area contributed by atoms with Crippen molar-refractivity contribution in [3.05, 3.63) is 35.1 Å². The smallest absolute Gasteiger partial charge is 0.0331 e. The van der Waals surface area contributed by atoms with Crippen LogP contribution in [0, 0.1) is 17.8 Å². The molecule has 4 unspecified atom stereocenters. The first-order valence-corrected chi connectivity index (χ1v) is 9.20. The first kappa shape index (κ1) is 15.9. The quantitative estimate of drug-likeness (QED) is 0.743. The Morgan fingerprint density at radius 1 is 1.32 bits per heavy atom. The maximum atomic E-state index is 6.33. The van der Waals surface area contributed by atoms with Crippen molar-refractivity contribution in [2.45, 2.75) is 71.4 Å². The summed E-state index contributed by atoms with van der Waals surface area (Å²) in [6.07, 6.45) is 14.7. The van der Waals surface area contributed by atoms with E-state index in [1.54, 1.807) is 5.57 Å². The lowest BCUT2D eigenvalue weighted by molar-refractivity contribution is 0.369. The zero-order valence-corrected chi connectivity index (χ0v) is 14.4. The van der Waals surface area contributed by atoms with Crippen molar-refractivity contribution in [2.24, 2.45) is 23.5 Å². The van der Waals surface area contributed by atoms with Gasteiger partial charge in [0, 0.05) is 23.7 Å². The van der Waals surface area contributed by atoms with Crippen molar-refractivity contribution in [1.29, 1.82) is 0 Å². The fraction of sp³-hybridized carbons (Fsp3) is 0.700. The lowest BCUT2D eigenvalue weighted by Gasteiger charge is -2.33. The van der Waals surface area contributed by atoms with Crippen molar-refractivity contribution in [2.75, 3.05) is 0 Å². The molecule has 0 radical (unpaired) electrons. The van der Waals surface area contributed by atoms with E-state index in [9.17, 15) is 0 Å². The summed E-state index contributed by atoms with van der Waals surface area (Å²) in [5, 5.41) is 3.80. The van der Waals surface area contributed by atoms with Gasteiger partial charge in [-0.1, -0.05) is 24.6 Å². The van der Waals surface area contributed by atoms with Gasteiger partial charge in [0.05, 0.1) is 0 Å². The Hall–Kier alpha value is -1.02. The molecule has 0 aromatic heterocycles. The highest BCUT2D eigenvalue weighted by Gasteiger charge is 2.33. The molecule has 3 N–H and O–H groups in total. The summed E-state index contributed by atoms with van der Waals surface area (Å²) in [6, 6.07) is 0.707. The van der Waals surface area contributed by atoms with E-state index < -0.39 is 0 Å². The molecule has 3 aliphatic rings. The van der Waals surface area contributed by atoms with Crippen LogP contribution >= 0.6 is 0 Å². The van der Waals surface area contributed by atoms with Gasteiger partial charge in [-0.15, -0.1) is 0 Å². The monoisotopic (exact) mass is 300 g/mol. The standard InChI is InChI=1S/C20H32N2/c1-4-15-11-13(2)20(12-18(15)16-9-10-16)22-14(3)17-7-5-6-8-19(17)21/h5,7,12,14-17,19,22H,4,6,8-11,21H2,1-3H3. The van der Waals surface area contributed by atoms with Crippen LogP contribution in [0.4, 0.5) is 0 Å². The third-order valence-corrected chi connectivity index (χ3v) is 5.82. The second-order valence-corrected chi connectivity index (χ2v) is 7.60. The van der Waals surface area contributed by atoms with E-state index >= 15 is 0 Å². The minimum atomic E-state index is 0.298. The van der Waals surface area contributed by atoms with Gasteiger partial charge in [-0.3, -0.25) is 0 Å². The van der Waals surface area contributed by atoms with Gasteiger partial charge in [-0.05, 0) is 75.9 Å². The summed E-state index contributed by atoms with van der Waals surface area (Å²) >= 11 is 0. The molecule has 0 saturated heterocycles. The van der Waals surface area contributed by atoms with Crippen molar-refractivity contribution < 1.29 is 0 Å². The van der Waals surface area contributed by atoms with Gasteiger partial charge in [0.1, 0.15) is 0 Å². The van der Waals surface area contributed by atoms with E-state index in [2.05, 4.69) is 44.3 Å². The van der Waals surface area contributed by atoms with E-state index in [4.69, 9.17) is 5.73 Å². The predicted octanol–water partition coefficient (Wildman–Crippen LogP) is 4.30. The van der Waals surface area contributed by atoms with Crippen molar-refractivity contribution in [3.8, 4) is 0 Å². The summed E-state index contributed by atoms with van der Waals surface area (Å²) in [4.78, 5) is 0. The molecular weight excluding hydrogens is 268 g/mol. The van der Waals surface area contributed by atoms with Gasteiger partial charge in [0.2, 0.25) is 0 Å². The third kappa shape index (κ3) is 3.32. The van der Waals surface area contributed by atoms with Crippen molar-refractivity contribution in [3.63, 3.8) is 0 Å². The molecule has 122 valence electrons. The first-order chi connectivity index (χ1) is 10.6. The molecule has 2 nitrogen and oxygen atoms in total. The van der Waals surface area contributed by atoms with Crippen LogP contribution in [-0.2, 0) is 0 Å². The maximum Gasteiger partial charge on any atom is 0.0331 e. The van der Waals surface area contributed by atoms with Crippen molar-refractivity contribution in [1.82, 2.24) is 5.32 Å². The number of hydrogen-bond acceptors (Lipinski definition) is 2. The zero-order chi connectivity index (χ0) is 15.7. The van der Waals surface area contributed by atoms with Crippen molar-refractivity contribution >= 4 is 0 Å². The molecule has 0 amide bonds. The van der Waals surface area contributed by atoms with Crippen LogP contribution in [0.2, 0.25) is 0 Å². The Balaban J connectivity index is 1.73. The maximum absolute atomic E-state index is 6.33. The Morgan fingerprint density at radius 2 is 2.09 bits per heavy atom. The van der Waals surface area contributed by atoms with E-state index in [1.807, 2.05) is 0 Å². The van der Waals surface area contributed by atoms with Gasteiger partial charge in [-0.25, -0.2) is 0 Å². The number of hydrogen-bond donors (Lipinski definition) is 2. The second-order valence-electron chi connectivity index (χ2n) is 7.60. The fourth-order valence-corrected chi connectivity index (χ4v) is 4.17. The topological polar surface area (TPSA) is 38.0 Å². The van der Waals surface area contributed by atoms with Crippen LogP contribution in [0.25, 0.3) is 0 Å². The Labute approximate surface area is 135 Å². The van der Waals surface area contributed by atoms with E-state index in [1.165, 1.54) is 37.0 Å². The lowest BCUT2D eigenvalue weighted by atomic mass is 9.81. The molecular formula is C20H32N2. The van der Waals surface area contributed by atoms with Crippen LogP contribution in [0.3, 0.4) is 0 Å². The number of allylic oxidation sites excluding steroid dienone is 4. The van der Waals surface area contributed by atoms with E-state index in [0.717, 1.165) is 24.7 Å². The normalized spacial score (nSPS) is 33.6. The van der Waals surface area contributed by atoms with Crippen LogP contribution in [-0.4, -0.2) is 12.1 Å². The van der Waals surface area contributed by atoms with Gasteiger partial charge >= 0.3 is 0 Å². The summed E-state index contributed by atoms with van der Waals surface area (Å²) in [5.74, 6) is 2.11. The van der Waals surface area contributed by atoms with Gasteiger partial charge in [0.25, 0.3) is 0 Å². The number of nitrogens with one attached hydrogen (secondary N) is 1. The highest BCUT2D eigenvalue weighted by atomic mass is 14.9. The highest BCUT2D eigenvalue weighted by molar-refractivity contribution is 5.36. The third-order valence-electron chi connectivity index (χ3n) is 5.82. The minimum absolute atomic E-state index is 0.298. The first-order valence-electron chi connectivity index (χ1n) is 9.20. The Morgan fingerprint density at radius 3 is 2.73 bits per heavy atom. The Kier molecular flexibility index (Phi) is 4.77. The lowest BCUT2D eigenvalue weighted by Crippen LogP contribution is -2.43. The zero-order valence-electron chi connectivity index (χ0n) is 14.4. The number of rotatable bonds is 5. The minimum Gasteiger partial charge on any atom is -0.382 e. The molecule has 3 rings (SSSR count). The molecule has 0 bridgehead atoms. The Bertz CT molecular complexity index is 496. The molecule has 1 fully saturated rings. The van der Waals surface area contributed by atoms with Crippen LogP contribution in [0.5, 0.6) is 0 Å². The van der Waals surface area contributed by atoms with Gasteiger partial charge < -0.3 is 11.1 Å². The molecule has 1 saturated carbocycles. The van der Waals surface area contributed by atoms with E-state index in [0.29, 0.717) is 18.0 Å². The summed E-state index contributed by atoms with van der Waals surface area (Å²) in [7, 11) is 0. The molecule has 0 spiro atoms. The summed E-state index contributed by atoms with van der Waals surface area (Å²) in [6.45, 7) is 6.92. The van der Waals surface area contributed by atoms with Gasteiger partial charge in [0.15, 0.2) is 0 Å². The average Bonchev–Trinajstić information content (AvgIpc) is 3.34. The molecule has 22 heavy (non-hydrogen) atoms. The molecule has 0 aromatic carbocycles. The molecule has 3 aliphatic carbocycles. The number of nitrogens with two attached hydrogens (primary N) is 1. The SMILES string of the molecule is CCC1CC(C)=C(NC(C)C2C=CCCC2N)C=C1C1CC1. The van der Waals surface area contributed by atoms with Gasteiger partial charge in [-0.2, -0.15) is 0 Å². The summed E-state index contributed by atoms with van der Waals surface area (Å²) < 4.78 is 0. The molecule has 0 heterocycles. The van der Waals surface area contributed by atoms with Crippen LogP contribution in [0.1, 0.15) is 59.3 Å². The molecule has 2 heteroatoms. The molecule has 0 aliphatic heterocycles. The average molecular weight is 300 g/mol.